The van der Waals surface area contributed by atoms with Crippen LogP contribution in [-0.4, -0.2) is 25.1 Å². The fourth-order valence-electron chi connectivity index (χ4n) is 1.84. The van der Waals surface area contributed by atoms with Crippen LogP contribution in [0.2, 0.25) is 0 Å². The van der Waals surface area contributed by atoms with E-state index in [4.69, 9.17) is 4.55 Å². The summed E-state index contributed by atoms with van der Waals surface area (Å²) >= 11 is 0. The first kappa shape index (κ1) is 8.93. The first-order valence-corrected chi connectivity index (χ1v) is 5.62. The lowest BCUT2D eigenvalue weighted by Gasteiger charge is -2.07. The summed E-state index contributed by atoms with van der Waals surface area (Å²) in [6.45, 7) is 2.02. The normalized spacial score (nSPS) is 31.8. The number of fused-ring (bicyclic) bond motifs is 2. The third kappa shape index (κ3) is 1.33. The first-order chi connectivity index (χ1) is 6.02. The van der Waals surface area contributed by atoms with Gasteiger partial charge in [0.1, 0.15) is 0 Å². The van der Waals surface area contributed by atoms with Gasteiger partial charge in [0.05, 0.1) is 10.9 Å². The van der Waals surface area contributed by atoms with E-state index in [2.05, 4.69) is 5.32 Å². The smallest absolute Gasteiger partial charge is 0.292 e. The molecule has 0 spiro atoms. The quantitative estimate of drug-likeness (QED) is 0.503. The van der Waals surface area contributed by atoms with Crippen LogP contribution in [0.1, 0.15) is 13.3 Å². The maximum atomic E-state index is 10.8. The maximum Gasteiger partial charge on any atom is 0.292 e. The van der Waals surface area contributed by atoms with Gasteiger partial charge in [-0.25, -0.2) is 0 Å². The van der Waals surface area contributed by atoms with Crippen molar-refractivity contribution in [1.29, 1.82) is 0 Å². The van der Waals surface area contributed by atoms with Gasteiger partial charge in [0.25, 0.3) is 10.1 Å². The van der Waals surface area contributed by atoms with Crippen LogP contribution in [0.15, 0.2) is 22.6 Å². The summed E-state index contributed by atoms with van der Waals surface area (Å²) in [6, 6.07) is -0.304. The number of rotatable bonds is 2. The topological polar surface area (TPSA) is 66.4 Å². The summed E-state index contributed by atoms with van der Waals surface area (Å²) in [6.07, 6.45) is 4.36. The molecule has 0 radical (unpaired) electrons. The summed E-state index contributed by atoms with van der Waals surface area (Å²) < 4.78 is 30.5. The van der Waals surface area contributed by atoms with Crippen molar-refractivity contribution < 1.29 is 13.0 Å². The zero-order valence-corrected chi connectivity index (χ0v) is 8.00. The molecule has 2 bridgehead atoms. The van der Waals surface area contributed by atoms with E-state index in [-0.39, 0.29) is 17.0 Å². The Morgan fingerprint density at radius 2 is 2.15 bits per heavy atom. The summed E-state index contributed by atoms with van der Waals surface area (Å²) in [5, 5.41) is 3.06. The van der Waals surface area contributed by atoms with Gasteiger partial charge in [-0.1, -0.05) is 18.6 Å². The standard InChI is InChI=1S/C8H11NO3S/c1-2-5-3-7-8(13(10,11)12)4-6(5)9-7/h3-4,6-7,9H,2H2,1H3,(H,10,11,12). The zero-order valence-electron chi connectivity index (χ0n) is 7.19. The van der Waals surface area contributed by atoms with E-state index in [1.54, 1.807) is 6.08 Å². The molecule has 2 atom stereocenters. The van der Waals surface area contributed by atoms with E-state index in [1.807, 2.05) is 13.0 Å². The first-order valence-electron chi connectivity index (χ1n) is 4.18. The molecule has 0 saturated heterocycles. The highest BCUT2D eigenvalue weighted by Gasteiger charge is 2.37. The molecule has 4 nitrogen and oxygen atoms in total. The van der Waals surface area contributed by atoms with Crippen molar-refractivity contribution in [3.63, 3.8) is 0 Å². The highest BCUT2D eigenvalue weighted by atomic mass is 32.2. The molecule has 2 aliphatic heterocycles. The second kappa shape index (κ2) is 2.67. The average molecular weight is 201 g/mol. The van der Waals surface area contributed by atoms with E-state index < -0.39 is 10.1 Å². The molecule has 13 heavy (non-hydrogen) atoms. The van der Waals surface area contributed by atoms with Crippen molar-refractivity contribution in [3.8, 4) is 0 Å². The highest BCUT2D eigenvalue weighted by Crippen LogP contribution is 2.31. The fourth-order valence-corrected chi connectivity index (χ4v) is 2.60. The van der Waals surface area contributed by atoms with Crippen molar-refractivity contribution >= 4 is 10.1 Å². The van der Waals surface area contributed by atoms with Crippen LogP contribution >= 0.6 is 0 Å². The minimum Gasteiger partial charge on any atom is -0.296 e. The van der Waals surface area contributed by atoms with Gasteiger partial charge in [0.2, 0.25) is 0 Å². The molecular formula is C8H11NO3S. The van der Waals surface area contributed by atoms with E-state index in [1.165, 1.54) is 5.57 Å². The van der Waals surface area contributed by atoms with Gasteiger partial charge < -0.3 is 0 Å². The van der Waals surface area contributed by atoms with Gasteiger partial charge in [0.15, 0.2) is 0 Å². The van der Waals surface area contributed by atoms with E-state index in [9.17, 15) is 8.42 Å². The van der Waals surface area contributed by atoms with Gasteiger partial charge in [-0.2, -0.15) is 8.42 Å². The fraction of sp³-hybridized carbons (Fsp3) is 0.500. The Bertz CT molecular complexity index is 394. The number of hydrogen-bond acceptors (Lipinski definition) is 3. The Hall–Kier alpha value is -0.650. The predicted octanol–water partition coefficient (Wildman–Crippen LogP) is 0.448. The lowest BCUT2D eigenvalue weighted by atomic mass is 10.0. The molecule has 2 N–H and O–H groups in total. The highest BCUT2D eigenvalue weighted by molar-refractivity contribution is 7.89. The largest absolute Gasteiger partial charge is 0.296 e. The molecule has 2 rings (SSSR count). The van der Waals surface area contributed by atoms with Gasteiger partial charge in [-0.05, 0) is 12.5 Å². The Morgan fingerprint density at radius 1 is 1.46 bits per heavy atom. The third-order valence-corrected chi connectivity index (χ3v) is 3.47. The molecule has 0 aromatic heterocycles. The van der Waals surface area contributed by atoms with E-state index in [0.29, 0.717) is 0 Å². The second-order valence-electron chi connectivity index (χ2n) is 3.26. The number of hydrogen-bond donors (Lipinski definition) is 2. The molecule has 72 valence electrons. The van der Waals surface area contributed by atoms with Gasteiger partial charge in [-0.3, -0.25) is 9.87 Å². The van der Waals surface area contributed by atoms with Gasteiger partial charge in [-0.15, -0.1) is 0 Å². The molecule has 2 aliphatic rings. The monoisotopic (exact) mass is 201 g/mol. The Labute approximate surface area is 77.1 Å². The van der Waals surface area contributed by atoms with Crippen molar-refractivity contribution in [2.24, 2.45) is 0 Å². The Kier molecular flexibility index (Phi) is 1.83. The predicted molar refractivity (Wildman–Crippen MR) is 48.7 cm³/mol. The van der Waals surface area contributed by atoms with Crippen molar-refractivity contribution in [2.45, 2.75) is 25.4 Å². The van der Waals surface area contributed by atoms with Crippen LogP contribution in [-0.2, 0) is 10.1 Å². The molecule has 0 saturated carbocycles. The van der Waals surface area contributed by atoms with Crippen LogP contribution < -0.4 is 5.32 Å². The molecule has 0 amide bonds. The molecular weight excluding hydrogens is 190 g/mol. The lowest BCUT2D eigenvalue weighted by molar-refractivity contribution is 0.488. The van der Waals surface area contributed by atoms with Crippen molar-refractivity contribution in [3.05, 3.63) is 22.6 Å². The van der Waals surface area contributed by atoms with Gasteiger partial charge in [0, 0.05) is 6.04 Å². The van der Waals surface area contributed by atoms with E-state index >= 15 is 0 Å². The molecule has 2 unspecified atom stereocenters. The van der Waals surface area contributed by atoms with Crippen molar-refractivity contribution in [2.75, 3.05) is 0 Å². The van der Waals surface area contributed by atoms with Crippen molar-refractivity contribution in [1.82, 2.24) is 5.32 Å². The Morgan fingerprint density at radius 3 is 2.54 bits per heavy atom. The summed E-state index contributed by atoms with van der Waals surface area (Å²) in [4.78, 5) is 0.0923. The van der Waals surface area contributed by atoms with E-state index in [0.717, 1.165) is 6.42 Å². The molecule has 5 heteroatoms. The average Bonchev–Trinajstić information content (AvgIpc) is 2.59. The third-order valence-electron chi connectivity index (χ3n) is 2.48. The molecule has 0 fully saturated rings. The minimum atomic E-state index is -4.01. The van der Waals surface area contributed by atoms with Crippen LogP contribution in [0.5, 0.6) is 0 Å². The second-order valence-corrected chi connectivity index (χ2v) is 4.68. The van der Waals surface area contributed by atoms with Crippen LogP contribution in [0.3, 0.4) is 0 Å². The minimum absolute atomic E-state index is 0.00641. The lowest BCUT2D eigenvalue weighted by Crippen LogP contribution is -2.25. The summed E-state index contributed by atoms with van der Waals surface area (Å²) in [5.41, 5.74) is 1.19. The zero-order chi connectivity index (χ0) is 9.64. The summed E-state index contributed by atoms with van der Waals surface area (Å²) in [7, 11) is -4.01. The number of nitrogens with one attached hydrogen (secondary N) is 1. The SMILES string of the molecule is CCC1=CC2NC1C=C2S(=O)(=O)O. The van der Waals surface area contributed by atoms with Gasteiger partial charge >= 0.3 is 0 Å². The Balaban J connectivity index is 2.31. The van der Waals surface area contributed by atoms with Crippen LogP contribution in [0.25, 0.3) is 0 Å². The summed E-state index contributed by atoms with van der Waals surface area (Å²) in [5.74, 6) is 0. The maximum absolute atomic E-state index is 10.8. The van der Waals surface area contributed by atoms with Crippen LogP contribution in [0, 0.1) is 0 Å². The molecule has 0 aliphatic carbocycles. The molecule has 0 aromatic carbocycles. The van der Waals surface area contributed by atoms with Crippen LogP contribution in [0.4, 0.5) is 0 Å². The molecule has 0 aromatic rings. The molecule has 2 heterocycles.